The Hall–Kier alpha value is -3.33. The molecule has 0 atom stereocenters. The second-order valence-corrected chi connectivity index (χ2v) is 7.89. The van der Waals surface area contributed by atoms with Crippen molar-refractivity contribution in [2.24, 2.45) is 0 Å². The third-order valence-corrected chi connectivity index (χ3v) is 6.10. The molecule has 4 heterocycles. The van der Waals surface area contributed by atoms with E-state index in [0.29, 0.717) is 18.1 Å². The highest BCUT2D eigenvalue weighted by molar-refractivity contribution is 7.20. The number of fused-ring (bicyclic) bond motifs is 1. The maximum absolute atomic E-state index is 12.8. The van der Waals surface area contributed by atoms with E-state index < -0.39 is 0 Å². The maximum Gasteiger partial charge on any atom is 0.282 e. The van der Waals surface area contributed by atoms with E-state index in [1.165, 1.54) is 11.3 Å². The first-order valence-corrected chi connectivity index (χ1v) is 10.2. The van der Waals surface area contributed by atoms with E-state index in [2.05, 4.69) is 25.1 Å². The average molecular weight is 405 g/mol. The van der Waals surface area contributed by atoms with Gasteiger partial charge in [-0.25, -0.2) is 9.97 Å². The zero-order chi connectivity index (χ0) is 19.8. The molecule has 5 rings (SSSR count). The molecular formula is C20H19N7OS. The van der Waals surface area contributed by atoms with Crippen LogP contribution in [-0.4, -0.2) is 61.7 Å². The Labute approximate surface area is 171 Å². The van der Waals surface area contributed by atoms with Crippen molar-refractivity contribution in [2.75, 3.05) is 31.1 Å². The Bertz CT molecular complexity index is 1130. The van der Waals surface area contributed by atoms with Crippen LogP contribution in [0.2, 0.25) is 0 Å². The first-order valence-electron chi connectivity index (χ1n) is 9.43. The van der Waals surface area contributed by atoms with Gasteiger partial charge in [-0.2, -0.15) is 0 Å². The fourth-order valence-corrected chi connectivity index (χ4v) is 4.41. The molecule has 0 N–H and O–H groups in total. The molecule has 4 aromatic rings. The smallest absolute Gasteiger partial charge is 0.282 e. The second kappa shape index (κ2) is 7.25. The Morgan fingerprint density at radius 1 is 1.00 bits per heavy atom. The lowest BCUT2D eigenvalue weighted by molar-refractivity contribution is 0.0746. The summed E-state index contributed by atoms with van der Waals surface area (Å²) in [6.07, 6.45) is 3.61. The number of carbonyl (C=O) groups excluding carboxylic acids is 1. The molecule has 0 spiro atoms. The molecule has 1 saturated heterocycles. The van der Waals surface area contributed by atoms with Gasteiger partial charge in [0.05, 0.1) is 10.2 Å². The summed E-state index contributed by atoms with van der Waals surface area (Å²) in [7, 11) is 0. The van der Waals surface area contributed by atoms with E-state index in [4.69, 9.17) is 0 Å². The summed E-state index contributed by atoms with van der Waals surface area (Å²) in [6.45, 7) is 4.64. The minimum Gasteiger partial charge on any atom is -0.352 e. The number of imidazole rings is 1. The van der Waals surface area contributed by atoms with Gasteiger partial charge in [0.25, 0.3) is 5.91 Å². The molecule has 146 valence electrons. The van der Waals surface area contributed by atoms with Crippen molar-refractivity contribution in [3.05, 3.63) is 59.6 Å². The van der Waals surface area contributed by atoms with Crippen LogP contribution in [0.1, 0.15) is 15.6 Å². The first-order chi connectivity index (χ1) is 14.2. The van der Waals surface area contributed by atoms with Crippen LogP contribution in [0.15, 0.2) is 48.8 Å². The minimum atomic E-state index is 0.00265. The number of hydrogen-bond donors (Lipinski definition) is 0. The number of para-hydroxylation sites is 1. The molecule has 29 heavy (non-hydrogen) atoms. The highest BCUT2D eigenvalue weighted by Gasteiger charge is 2.25. The number of hydrogen-bond acceptors (Lipinski definition) is 7. The number of benzene rings is 1. The Morgan fingerprint density at radius 3 is 2.45 bits per heavy atom. The summed E-state index contributed by atoms with van der Waals surface area (Å²) in [5.41, 5.74) is 0.878. The van der Waals surface area contributed by atoms with Gasteiger partial charge in [-0.05, 0) is 31.2 Å². The van der Waals surface area contributed by atoms with Gasteiger partial charge in [0, 0.05) is 38.6 Å². The molecule has 1 aliphatic rings. The molecule has 0 radical (unpaired) electrons. The molecule has 0 bridgehead atoms. The Balaban J connectivity index is 1.25. The number of anilines is 1. The molecule has 1 aromatic carbocycles. The summed E-state index contributed by atoms with van der Waals surface area (Å²) in [5.74, 6) is 2.43. The van der Waals surface area contributed by atoms with E-state index in [1.54, 1.807) is 6.20 Å². The third-order valence-electron chi connectivity index (χ3n) is 5.08. The van der Waals surface area contributed by atoms with Gasteiger partial charge in [-0.3, -0.25) is 9.36 Å². The van der Waals surface area contributed by atoms with Crippen LogP contribution in [0.3, 0.4) is 0 Å². The zero-order valence-electron chi connectivity index (χ0n) is 15.9. The first kappa shape index (κ1) is 17.7. The SMILES string of the molecule is Cc1nccn1-c1ccc(N2CCN(C(=O)c3nc4ccccc4s3)CC2)nn1. The second-order valence-electron chi connectivity index (χ2n) is 6.86. The number of amides is 1. The van der Waals surface area contributed by atoms with E-state index in [1.807, 2.05) is 59.0 Å². The number of aryl methyl sites for hydroxylation is 1. The fraction of sp³-hybridized carbons (Fsp3) is 0.250. The van der Waals surface area contributed by atoms with Crippen molar-refractivity contribution in [1.29, 1.82) is 0 Å². The van der Waals surface area contributed by atoms with Gasteiger partial charge in [-0.15, -0.1) is 21.5 Å². The zero-order valence-corrected chi connectivity index (χ0v) is 16.7. The molecular weight excluding hydrogens is 386 g/mol. The van der Waals surface area contributed by atoms with Crippen LogP contribution >= 0.6 is 11.3 Å². The molecule has 1 fully saturated rings. The number of rotatable bonds is 3. The van der Waals surface area contributed by atoms with Crippen molar-refractivity contribution >= 4 is 33.3 Å². The molecule has 0 unspecified atom stereocenters. The van der Waals surface area contributed by atoms with Crippen molar-refractivity contribution in [2.45, 2.75) is 6.92 Å². The fourth-order valence-electron chi connectivity index (χ4n) is 3.47. The quantitative estimate of drug-likeness (QED) is 0.521. The van der Waals surface area contributed by atoms with E-state index in [0.717, 1.165) is 40.8 Å². The average Bonchev–Trinajstić information content (AvgIpc) is 3.39. The molecule has 3 aromatic heterocycles. The summed E-state index contributed by atoms with van der Waals surface area (Å²) >= 11 is 1.45. The summed E-state index contributed by atoms with van der Waals surface area (Å²) in [6, 6.07) is 11.7. The molecule has 9 heteroatoms. The third kappa shape index (κ3) is 3.33. The summed E-state index contributed by atoms with van der Waals surface area (Å²) in [4.78, 5) is 25.6. The van der Waals surface area contributed by atoms with Crippen LogP contribution in [0.25, 0.3) is 16.0 Å². The maximum atomic E-state index is 12.8. The molecule has 0 aliphatic carbocycles. The van der Waals surface area contributed by atoms with E-state index in [9.17, 15) is 4.79 Å². The summed E-state index contributed by atoms with van der Waals surface area (Å²) in [5, 5.41) is 9.25. The van der Waals surface area contributed by atoms with Crippen LogP contribution in [-0.2, 0) is 0 Å². The summed E-state index contributed by atoms with van der Waals surface area (Å²) < 4.78 is 2.93. The van der Waals surface area contributed by atoms with E-state index in [-0.39, 0.29) is 5.91 Å². The van der Waals surface area contributed by atoms with Crippen LogP contribution in [0.4, 0.5) is 5.82 Å². The Morgan fingerprint density at radius 2 is 1.76 bits per heavy atom. The number of aromatic nitrogens is 5. The van der Waals surface area contributed by atoms with Gasteiger partial charge in [0.15, 0.2) is 16.6 Å². The highest BCUT2D eigenvalue weighted by Crippen LogP contribution is 2.23. The van der Waals surface area contributed by atoms with Crippen molar-refractivity contribution in [3.63, 3.8) is 0 Å². The molecule has 1 aliphatic heterocycles. The molecule has 0 saturated carbocycles. The van der Waals surface area contributed by atoms with Gasteiger partial charge in [-0.1, -0.05) is 12.1 Å². The van der Waals surface area contributed by atoms with Crippen LogP contribution in [0, 0.1) is 6.92 Å². The van der Waals surface area contributed by atoms with Crippen LogP contribution in [0.5, 0.6) is 0 Å². The Kier molecular flexibility index (Phi) is 4.44. The van der Waals surface area contributed by atoms with Gasteiger partial charge >= 0.3 is 0 Å². The lowest BCUT2D eigenvalue weighted by Crippen LogP contribution is -2.49. The largest absolute Gasteiger partial charge is 0.352 e. The predicted molar refractivity (Wildman–Crippen MR) is 112 cm³/mol. The normalized spacial score (nSPS) is 14.5. The van der Waals surface area contributed by atoms with Crippen molar-refractivity contribution in [1.82, 2.24) is 29.6 Å². The topological polar surface area (TPSA) is 80.0 Å². The lowest BCUT2D eigenvalue weighted by atomic mass is 10.3. The van der Waals surface area contributed by atoms with Gasteiger partial charge < -0.3 is 9.80 Å². The number of nitrogens with zero attached hydrogens (tertiary/aromatic N) is 7. The van der Waals surface area contributed by atoms with Crippen molar-refractivity contribution < 1.29 is 4.79 Å². The monoisotopic (exact) mass is 405 g/mol. The number of thiazole rings is 1. The number of carbonyl (C=O) groups is 1. The lowest BCUT2D eigenvalue weighted by Gasteiger charge is -2.34. The number of piperazine rings is 1. The van der Waals surface area contributed by atoms with Gasteiger partial charge in [0.1, 0.15) is 5.82 Å². The predicted octanol–water partition coefficient (Wildman–Crippen LogP) is 2.54. The molecule has 1 amide bonds. The van der Waals surface area contributed by atoms with E-state index >= 15 is 0 Å². The van der Waals surface area contributed by atoms with Crippen molar-refractivity contribution in [3.8, 4) is 5.82 Å². The van der Waals surface area contributed by atoms with Gasteiger partial charge in [0.2, 0.25) is 0 Å². The standard InChI is InChI=1S/C20H19N7OS/c1-14-21-8-9-27(14)18-7-6-17(23-24-18)25-10-12-26(13-11-25)20(28)19-22-15-4-2-3-5-16(15)29-19/h2-9H,10-13H2,1H3. The highest BCUT2D eigenvalue weighted by atomic mass is 32.1. The van der Waals surface area contributed by atoms with Crippen LogP contribution < -0.4 is 4.90 Å². The minimum absolute atomic E-state index is 0.00265. The molecule has 8 nitrogen and oxygen atoms in total.